The zero-order chi connectivity index (χ0) is 11.9. The summed E-state index contributed by atoms with van der Waals surface area (Å²) in [4.78, 5) is 14.5. The second-order valence-corrected chi connectivity index (χ2v) is 6.55. The predicted octanol–water partition coefficient (Wildman–Crippen LogP) is 2.47. The minimum atomic E-state index is -0.486. The third-order valence-corrected chi connectivity index (χ3v) is 5.31. The maximum Gasteiger partial charge on any atom is 0.242 e. The second-order valence-electron chi connectivity index (χ2n) is 6.55. The van der Waals surface area contributed by atoms with Crippen LogP contribution in [0.25, 0.3) is 0 Å². The van der Waals surface area contributed by atoms with Crippen LogP contribution in [0.5, 0.6) is 0 Å². The summed E-state index contributed by atoms with van der Waals surface area (Å²) in [5.74, 6) is 0.242. The third-order valence-electron chi connectivity index (χ3n) is 5.31. The summed E-state index contributed by atoms with van der Waals surface area (Å²) in [5.41, 5.74) is 6.13. The van der Waals surface area contributed by atoms with Crippen molar-refractivity contribution in [2.45, 2.75) is 63.3 Å². The van der Waals surface area contributed by atoms with E-state index in [1.807, 2.05) is 0 Å². The lowest BCUT2D eigenvalue weighted by Gasteiger charge is -2.40. The van der Waals surface area contributed by atoms with Gasteiger partial charge in [0.05, 0.1) is 5.54 Å². The van der Waals surface area contributed by atoms with Crippen LogP contribution in [-0.4, -0.2) is 29.4 Å². The monoisotopic (exact) mass is 272 g/mol. The van der Waals surface area contributed by atoms with Gasteiger partial charge in [0.2, 0.25) is 5.91 Å². The van der Waals surface area contributed by atoms with Gasteiger partial charge in [-0.15, -0.1) is 12.4 Å². The fourth-order valence-electron chi connectivity index (χ4n) is 3.90. The van der Waals surface area contributed by atoms with E-state index >= 15 is 0 Å². The molecule has 3 rings (SSSR count). The molecule has 0 bridgehead atoms. The molecule has 3 aliphatic rings. The number of halogens is 1. The zero-order valence-corrected chi connectivity index (χ0v) is 11.9. The molecule has 0 aromatic carbocycles. The van der Waals surface area contributed by atoms with Crippen LogP contribution in [-0.2, 0) is 4.79 Å². The van der Waals surface area contributed by atoms with E-state index in [2.05, 4.69) is 4.90 Å². The van der Waals surface area contributed by atoms with E-state index in [4.69, 9.17) is 5.73 Å². The molecule has 0 aromatic heterocycles. The summed E-state index contributed by atoms with van der Waals surface area (Å²) in [6.45, 7) is 1.95. The molecule has 1 aliphatic heterocycles. The quantitative estimate of drug-likeness (QED) is 0.797. The van der Waals surface area contributed by atoms with E-state index < -0.39 is 5.54 Å². The first-order chi connectivity index (χ1) is 8.14. The summed E-state index contributed by atoms with van der Waals surface area (Å²) in [6.07, 6.45) is 10.9. The molecule has 2 saturated carbocycles. The summed E-state index contributed by atoms with van der Waals surface area (Å²) in [5, 5.41) is 0. The molecule has 18 heavy (non-hydrogen) atoms. The van der Waals surface area contributed by atoms with E-state index in [-0.39, 0.29) is 18.3 Å². The van der Waals surface area contributed by atoms with Crippen molar-refractivity contribution < 1.29 is 4.79 Å². The minimum absolute atomic E-state index is 0. The number of carbonyl (C=O) groups is 1. The summed E-state index contributed by atoms with van der Waals surface area (Å²) < 4.78 is 0. The first-order valence-electron chi connectivity index (χ1n) is 7.22. The van der Waals surface area contributed by atoms with Crippen molar-refractivity contribution in [1.29, 1.82) is 0 Å². The van der Waals surface area contributed by atoms with Gasteiger partial charge in [-0.05, 0) is 43.9 Å². The molecule has 3 nitrogen and oxygen atoms in total. The Morgan fingerprint density at radius 1 is 0.944 bits per heavy atom. The SMILES string of the molecule is Cl.NC1(C(=O)N2CCC3(CCCCC3)C2)CCC1. The number of likely N-dealkylation sites (tertiary alicyclic amines) is 1. The zero-order valence-electron chi connectivity index (χ0n) is 11.1. The highest BCUT2D eigenvalue weighted by molar-refractivity contribution is 5.87. The lowest BCUT2D eigenvalue weighted by molar-refractivity contribution is -0.139. The summed E-state index contributed by atoms with van der Waals surface area (Å²) >= 11 is 0. The van der Waals surface area contributed by atoms with Crippen LogP contribution >= 0.6 is 12.4 Å². The van der Waals surface area contributed by atoms with Crippen molar-refractivity contribution in [3.63, 3.8) is 0 Å². The number of nitrogens with zero attached hydrogens (tertiary/aromatic N) is 1. The first-order valence-corrected chi connectivity index (χ1v) is 7.22. The molecule has 2 N–H and O–H groups in total. The Kier molecular flexibility index (Phi) is 3.93. The maximum atomic E-state index is 12.4. The molecule has 1 saturated heterocycles. The molecule has 0 atom stereocenters. The van der Waals surface area contributed by atoms with E-state index in [9.17, 15) is 4.79 Å². The fraction of sp³-hybridized carbons (Fsp3) is 0.929. The van der Waals surface area contributed by atoms with Crippen molar-refractivity contribution >= 4 is 18.3 Å². The molecule has 1 amide bonds. The maximum absolute atomic E-state index is 12.4. The van der Waals surface area contributed by atoms with Gasteiger partial charge in [0, 0.05) is 13.1 Å². The van der Waals surface area contributed by atoms with Crippen LogP contribution in [0.1, 0.15) is 57.8 Å². The molecule has 1 spiro atoms. The van der Waals surface area contributed by atoms with Crippen LogP contribution in [0.3, 0.4) is 0 Å². The minimum Gasteiger partial charge on any atom is -0.341 e. The molecule has 3 fully saturated rings. The van der Waals surface area contributed by atoms with Gasteiger partial charge in [0.1, 0.15) is 0 Å². The Balaban J connectivity index is 0.00000120. The van der Waals surface area contributed by atoms with Crippen molar-refractivity contribution in [2.24, 2.45) is 11.1 Å². The Hall–Kier alpha value is -0.280. The Labute approximate surface area is 116 Å². The highest BCUT2D eigenvalue weighted by Crippen LogP contribution is 2.44. The van der Waals surface area contributed by atoms with Crippen molar-refractivity contribution in [3.05, 3.63) is 0 Å². The largest absolute Gasteiger partial charge is 0.341 e. The van der Waals surface area contributed by atoms with Crippen molar-refractivity contribution in [3.8, 4) is 0 Å². The van der Waals surface area contributed by atoms with Gasteiger partial charge in [-0.25, -0.2) is 0 Å². The molecule has 0 unspecified atom stereocenters. The van der Waals surface area contributed by atoms with E-state index in [0.29, 0.717) is 5.41 Å². The highest BCUT2D eigenvalue weighted by Gasteiger charge is 2.47. The molecule has 0 aromatic rings. The van der Waals surface area contributed by atoms with E-state index in [0.717, 1.165) is 32.4 Å². The van der Waals surface area contributed by atoms with Gasteiger partial charge in [0.15, 0.2) is 0 Å². The standard InChI is InChI=1S/C14H24N2O.ClH/c15-14(7-4-8-14)12(17)16-10-9-13(11-16)5-2-1-3-6-13;/h1-11,15H2;1H. The predicted molar refractivity (Wildman–Crippen MR) is 74.7 cm³/mol. The van der Waals surface area contributed by atoms with Gasteiger partial charge >= 0.3 is 0 Å². The lowest BCUT2D eigenvalue weighted by Crippen LogP contribution is -2.59. The summed E-state index contributed by atoms with van der Waals surface area (Å²) in [6, 6.07) is 0. The Bertz CT molecular complexity index is 322. The number of carbonyl (C=O) groups excluding carboxylic acids is 1. The smallest absolute Gasteiger partial charge is 0.242 e. The Morgan fingerprint density at radius 3 is 2.17 bits per heavy atom. The molecular formula is C14H25ClN2O. The molecular weight excluding hydrogens is 248 g/mol. The molecule has 4 heteroatoms. The normalized spacial score (nSPS) is 28.6. The molecule has 0 radical (unpaired) electrons. The summed E-state index contributed by atoms with van der Waals surface area (Å²) in [7, 11) is 0. The van der Waals surface area contributed by atoms with E-state index in [1.54, 1.807) is 0 Å². The van der Waals surface area contributed by atoms with Crippen LogP contribution in [0.4, 0.5) is 0 Å². The number of hydrogen-bond donors (Lipinski definition) is 1. The second kappa shape index (κ2) is 5.01. The molecule has 104 valence electrons. The van der Waals surface area contributed by atoms with Crippen LogP contribution in [0.2, 0.25) is 0 Å². The van der Waals surface area contributed by atoms with Gasteiger partial charge in [-0.1, -0.05) is 19.3 Å². The number of rotatable bonds is 1. The lowest BCUT2D eigenvalue weighted by atomic mass is 9.73. The van der Waals surface area contributed by atoms with Gasteiger partial charge in [0.25, 0.3) is 0 Å². The number of hydrogen-bond acceptors (Lipinski definition) is 2. The molecule has 1 heterocycles. The van der Waals surface area contributed by atoms with Crippen LogP contribution < -0.4 is 5.73 Å². The first kappa shape index (κ1) is 14.1. The van der Waals surface area contributed by atoms with Gasteiger partial charge < -0.3 is 10.6 Å². The Morgan fingerprint density at radius 2 is 1.61 bits per heavy atom. The fourth-order valence-corrected chi connectivity index (χ4v) is 3.90. The average Bonchev–Trinajstić information content (AvgIpc) is 2.70. The highest BCUT2D eigenvalue weighted by atomic mass is 35.5. The van der Waals surface area contributed by atoms with Gasteiger partial charge in [-0.3, -0.25) is 4.79 Å². The van der Waals surface area contributed by atoms with Crippen LogP contribution in [0, 0.1) is 5.41 Å². The number of amides is 1. The average molecular weight is 273 g/mol. The topological polar surface area (TPSA) is 46.3 Å². The molecule has 2 aliphatic carbocycles. The van der Waals surface area contributed by atoms with Crippen molar-refractivity contribution in [1.82, 2.24) is 4.90 Å². The third kappa shape index (κ3) is 2.27. The van der Waals surface area contributed by atoms with Crippen molar-refractivity contribution in [2.75, 3.05) is 13.1 Å². The van der Waals surface area contributed by atoms with E-state index in [1.165, 1.54) is 38.5 Å². The number of nitrogens with two attached hydrogens (primary N) is 1. The van der Waals surface area contributed by atoms with Crippen LogP contribution in [0.15, 0.2) is 0 Å². The van der Waals surface area contributed by atoms with Gasteiger partial charge in [-0.2, -0.15) is 0 Å².